The van der Waals surface area contributed by atoms with Crippen molar-refractivity contribution in [3.05, 3.63) is 54.1 Å². The van der Waals surface area contributed by atoms with E-state index in [1.54, 1.807) is 12.1 Å². The van der Waals surface area contributed by atoms with Gasteiger partial charge in [-0.25, -0.2) is 0 Å². The van der Waals surface area contributed by atoms with E-state index in [2.05, 4.69) is 33.7 Å². The van der Waals surface area contributed by atoms with Gasteiger partial charge in [-0.15, -0.1) is 0 Å². The Morgan fingerprint density at radius 2 is 1.84 bits per heavy atom. The summed E-state index contributed by atoms with van der Waals surface area (Å²) in [6.45, 7) is 2.75. The van der Waals surface area contributed by atoms with Gasteiger partial charge in [0.05, 0.1) is 11.6 Å². The zero-order chi connectivity index (χ0) is 17.5. The molecule has 2 aromatic carbocycles. The van der Waals surface area contributed by atoms with E-state index in [1.165, 1.54) is 18.5 Å². The van der Waals surface area contributed by atoms with Crippen LogP contribution in [0.1, 0.15) is 24.8 Å². The molecular weight excluding hydrogens is 312 g/mol. The Labute approximate surface area is 148 Å². The zero-order valence-corrected chi connectivity index (χ0v) is 14.2. The van der Waals surface area contributed by atoms with E-state index in [1.807, 2.05) is 24.3 Å². The van der Waals surface area contributed by atoms with Crippen LogP contribution in [0.3, 0.4) is 0 Å². The van der Waals surface area contributed by atoms with Gasteiger partial charge in [0.25, 0.3) is 0 Å². The number of amides is 1. The number of nitrogens with one attached hydrogen (secondary N) is 2. The Hall–Kier alpha value is -3.00. The maximum Gasteiger partial charge on any atom is 0.226 e. The van der Waals surface area contributed by atoms with E-state index < -0.39 is 0 Å². The van der Waals surface area contributed by atoms with Crippen molar-refractivity contribution in [2.75, 3.05) is 35.2 Å². The fraction of sp³-hybridized carbons (Fsp3) is 0.300. The van der Waals surface area contributed by atoms with Crippen molar-refractivity contribution >= 4 is 23.0 Å². The molecule has 5 heteroatoms. The van der Waals surface area contributed by atoms with Crippen molar-refractivity contribution in [2.24, 2.45) is 0 Å². The lowest BCUT2D eigenvalue weighted by molar-refractivity contribution is -0.115. The Bertz CT molecular complexity index is 758. The highest BCUT2D eigenvalue weighted by Crippen LogP contribution is 2.22. The SMILES string of the molecule is N#Cc1cccc(NCCC(=O)Nc2ccc(N3CCCC3)cc2)c1. The molecule has 0 atom stereocenters. The molecule has 1 aliphatic rings. The molecule has 0 saturated carbocycles. The average Bonchev–Trinajstić information content (AvgIpc) is 3.17. The first-order valence-electron chi connectivity index (χ1n) is 8.63. The maximum atomic E-state index is 12.1. The quantitative estimate of drug-likeness (QED) is 0.847. The molecule has 0 aliphatic carbocycles. The number of anilines is 3. The molecule has 0 bridgehead atoms. The molecule has 1 aliphatic heterocycles. The topological polar surface area (TPSA) is 68.2 Å². The Balaban J connectivity index is 1.45. The van der Waals surface area contributed by atoms with Crippen LogP contribution >= 0.6 is 0 Å². The van der Waals surface area contributed by atoms with Gasteiger partial charge in [-0.2, -0.15) is 5.26 Å². The van der Waals surface area contributed by atoms with E-state index in [4.69, 9.17) is 5.26 Å². The van der Waals surface area contributed by atoms with Crippen molar-refractivity contribution in [3.63, 3.8) is 0 Å². The highest BCUT2D eigenvalue weighted by atomic mass is 16.1. The first-order valence-corrected chi connectivity index (χ1v) is 8.63. The fourth-order valence-corrected chi connectivity index (χ4v) is 2.97. The maximum absolute atomic E-state index is 12.1. The molecule has 128 valence electrons. The molecule has 5 nitrogen and oxygen atoms in total. The van der Waals surface area contributed by atoms with Crippen molar-refractivity contribution < 1.29 is 4.79 Å². The fourth-order valence-electron chi connectivity index (χ4n) is 2.97. The summed E-state index contributed by atoms with van der Waals surface area (Å²) in [5.74, 6) is -0.0298. The van der Waals surface area contributed by atoms with Crippen LogP contribution < -0.4 is 15.5 Å². The third kappa shape index (κ3) is 4.74. The number of nitriles is 1. The average molecular weight is 334 g/mol. The molecule has 1 heterocycles. The first-order chi connectivity index (χ1) is 12.2. The summed E-state index contributed by atoms with van der Waals surface area (Å²) in [5.41, 5.74) is 3.49. The Morgan fingerprint density at radius 3 is 2.56 bits per heavy atom. The van der Waals surface area contributed by atoms with Gasteiger partial charge in [0.1, 0.15) is 0 Å². The van der Waals surface area contributed by atoms with E-state index in [-0.39, 0.29) is 5.91 Å². The lowest BCUT2D eigenvalue weighted by atomic mass is 10.2. The van der Waals surface area contributed by atoms with E-state index in [0.29, 0.717) is 18.5 Å². The molecule has 25 heavy (non-hydrogen) atoms. The number of rotatable bonds is 6. The molecule has 3 rings (SSSR count). The summed E-state index contributed by atoms with van der Waals surface area (Å²) < 4.78 is 0. The van der Waals surface area contributed by atoms with Gasteiger partial charge in [-0.3, -0.25) is 4.79 Å². The minimum atomic E-state index is -0.0298. The molecule has 2 N–H and O–H groups in total. The molecule has 1 saturated heterocycles. The predicted molar refractivity (Wildman–Crippen MR) is 101 cm³/mol. The molecule has 1 fully saturated rings. The van der Waals surface area contributed by atoms with Gasteiger partial charge in [0.15, 0.2) is 0 Å². The van der Waals surface area contributed by atoms with E-state index in [9.17, 15) is 4.79 Å². The van der Waals surface area contributed by atoms with Gasteiger partial charge < -0.3 is 15.5 Å². The third-order valence-electron chi connectivity index (χ3n) is 4.30. The van der Waals surface area contributed by atoms with E-state index in [0.717, 1.165) is 24.5 Å². The first kappa shape index (κ1) is 16.8. The monoisotopic (exact) mass is 334 g/mol. The second-order valence-corrected chi connectivity index (χ2v) is 6.16. The predicted octanol–water partition coefficient (Wildman–Crippen LogP) is 3.60. The second kappa shape index (κ2) is 8.20. The third-order valence-corrected chi connectivity index (χ3v) is 4.30. The Morgan fingerprint density at radius 1 is 1.08 bits per heavy atom. The standard InChI is InChI=1S/C20H22N4O/c21-15-16-4-3-5-18(14-16)22-11-10-20(25)23-17-6-8-19(9-7-17)24-12-1-2-13-24/h3-9,14,22H,1-2,10-13H2,(H,23,25). The van der Waals surface area contributed by atoms with Crippen LogP contribution in [0.25, 0.3) is 0 Å². The molecule has 0 spiro atoms. The summed E-state index contributed by atoms with van der Waals surface area (Å²) in [6.07, 6.45) is 2.87. The van der Waals surface area contributed by atoms with Gasteiger partial charge in [0.2, 0.25) is 5.91 Å². The van der Waals surface area contributed by atoms with Crippen molar-refractivity contribution in [2.45, 2.75) is 19.3 Å². The number of carbonyl (C=O) groups is 1. The van der Waals surface area contributed by atoms with Gasteiger partial charge in [0, 0.05) is 43.1 Å². The van der Waals surface area contributed by atoms with Crippen molar-refractivity contribution in [1.82, 2.24) is 0 Å². The number of carbonyl (C=O) groups excluding carboxylic acids is 1. The Kier molecular flexibility index (Phi) is 5.53. The molecule has 1 amide bonds. The second-order valence-electron chi connectivity index (χ2n) is 6.16. The number of hydrogen-bond donors (Lipinski definition) is 2. The number of hydrogen-bond acceptors (Lipinski definition) is 4. The summed E-state index contributed by atoms with van der Waals surface area (Å²) in [6, 6.07) is 17.4. The number of nitrogens with zero attached hydrogens (tertiary/aromatic N) is 2. The highest BCUT2D eigenvalue weighted by Gasteiger charge is 2.12. The van der Waals surface area contributed by atoms with Crippen LogP contribution in [0.5, 0.6) is 0 Å². The van der Waals surface area contributed by atoms with Crippen LogP contribution in [0.4, 0.5) is 17.1 Å². The molecular formula is C20H22N4O. The van der Waals surface area contributed by atoms with Crippen LogP contribution in [-0.4, -0.2) is 25.5 Å². The zero-order valence-electron chi connectivity index (χ0n) is 14.2. The largest absolute Gasteiger partial charge is 0.384 e. The van der Waals surface area contributed by atoms with Crippen molar-refractivity contribution in [1.29, 1.82) is 5.26 Å². The van der Waals surface area contributed by atoms with Gasteiger partial charge in [-0.05, 0) is 55.3 Å². The summed E-state index contributed by atoms with van der Waals surface area (Å²) in [7, 11) is 0. The van der Waals surface area contributed by atoms with Crippen LogP contribution in [0, 0.1) is 11.3 Å². The molecule has 0 unspecified atom stereocenters. The van der Waals surface area contributed by atoms with Gasteiger partial charge >= 0.3 is 0 Å². The van der Waals surface area contributed by atoms with E-state index >= 15 is 0 Å². The van der Waals surface area contributed by atoms with Crippen LogP contribution in [0.15, 0.2) is 48.5 Å². The summed E-state index contributed by atoms with van der Waals surface area (Å²) in [5, 5.41) is 15.0. The summed E-state index contributed by atoms with van der Waals surface area (Å²) in [4.78, 5) is 14.4. The summed E-state index contributed by atoms with van der Waals surface area (Å²) >= 11 is 0. The highest BCUT2D eigenvalue weighted by molar-refractivity contribution is 5.91. The van der Waals surface area contributed by atoms with Crippen molar-refractivity contribution in [3.8, 4) is 6.07 Å². The normalized spacial score (nSPS) is 13.3. The van der Waals surface area contributed by atoms with Crippen LogP contribution in [-0.2, 0) is 4.79 Å². The van der Waals surface area contributed by atoms with Crippen LogP contribution in [0.2, 0.25) is 0 Å². The molecule has 0 radical (unpaired) electrons. The lowest BCUT2D eigenvalue weighted by Crippen LogP contribution is -2.18. The smallest absolute Gasteiger partial charge is 0.226 e. The minimum Gasteiger partial charge on any atom is -0.384 e. The molecule has 2 aromatic rings. The van der Waals surface area contributed by atoms with Gasteiger partial charge in [-0.1, -0.05) is 6.07 Å². The number of benzene rings is 2. The molecule has 0 aromatic heterocycles. The minimum absolute atomic E-state index is 0.0298. The lowest BCUT2D eigenvalue weighted by Gasteiger charge is -2.17.